The highest BCUT2D eigenvalue weighted by molar-refractivity contribution is 5.68. The molecular weight excluding hydrogens is 268 g/mol. The Balaban J connectivity index is 2.10. The van der Waals surface area contributed by atoms with Crippen LogP contribution in [0.4, 0.5) is 4.79 Å². The number of nitrogens with zero attached hydrogens (tertiary/aromatic N) is 2. The summed E-state index contributed by atoms with van der Waals surface area (Å²) in [5.74, 6) is 0.355. The van der Waals surface area contributed by atoms with Crippen LogP contribution in [0.25, 0.3) is 0 Å². The Morgan fingerprint density at radius 2 is 2.14 bits per heavy atom. The second-order valence-corrected chi connectivity index (χ2v) is 6.35. The molecule has 1 aromatic heterocycles. The fourth-order valence-electron chi connectivity index (χ4n) is 2.53. The van der Waals surface area contributed by atoms with Crippen molar-refractivity contribution in [3.8, 4) is 0 Å². The van der Waals surface area contributed by atoms with E-state index >= 15 is 0 Å². The Kier molecular flexibility index (Phi) is 5.12. The molecule has 6 heteroatoms. The molecule has 1 atom stereocenters. The van der Waals surface area contributed by atoms with Gasteiger partial charge < -0.3 is 15.4 Å². The van der Waals surface area contributed by atoms with Gasteiger partial charge in [-0.1, -0.05) is 0 Å². The molecule has 1 aliphatic heterocycles. The van der Waals surface area contributed by atoms with E-state index in [2.05, 4.69) is 20.6 Å². The van der Waals surface area contributed by atoms with E-state index in [1.165, 1.54) is 6.33 Å². The van der Waals surface area contributed by atoms with Crippen LogP contribution in [0.5, 0.6) is 0 Å². The number of piperidine rings is 1. The zero-order valence-corrected chi connectivity index (χ0v) is 12.9. The highest BCUT2D eigenvalue weighted by Crippen LogP contribution is 2.27. The highest BCUT2D eigenvalue weighted by atomic mass is 16.6. The van der Waals surface area contributed by atoms with Gasteiger partial charge in [0.2, 0.25) is 0 Å². The van der Waals surface area contributed by atoms with Crippen LogP contribution in [-0.2, 0) is 4.74 Å². The molecule has 1 aliphatic rings. The summed E-state index contributed by atoms with van der Waals surface area (Å²) >= 11 is 0. The fourth-order valence-corrected chi connectivity index (χ4v) is 2.53. The van der Waals surface area contributed by atoms with Crippen molar-refractivity contribution >= 4 is 6.09 Å². The van der Waals surface area contributed by atoms with Gasteiger partial charge in [-0.25, -0.2) is 14.8 Å². The van der Waals surface area contributed by atoms with E-state index in [0.717, 1.165) is 31.6 Å². The standard InChI is InChI=1S/C15H24N4O2/c1-15(2,3)21-14(20)19-13(11-4-7-16-8-5-11)12-6-9-17-10-18-12/h6,9-11,13,16H,4-5,7-8H2,1-3H3,(H,19,20). The van der Waals surface area contributed by atoms with Gasteiger partial charge in [-0.05, 0) is 58.7 Å². The van der Waals surface area contributed by atoms with Crippen molar-refractivity contribution in [2.75, 3.05) is 13.1 Å². The first-order valence-corrected chi connectivity index (χ1v) is 7.42. The molecule has 1 fully saturated rings. The topological polar surface area (TPSA) is 76.1 Å². The minimum atomic E-state index is -0.506. The highest BCUT2D eigenvalue weighted by Gasteiger charge is 2.29. The lowest BCUT2D eigenvalue weighted by Gasteiger charge is -2.31. The van der Waals surface area contributed by atoms with Gasteiger partial charge in [0.25, 0.3) is 0 Å². The van der Waals surface area contributed by atoms with E-state index in [4.69, 9.17) is 4.74 Å². The molecule has 6 nitrogen and oxygen atoms in total. The molecule has 1 saturated heterocycles. The van der Waals surface area contributed by atoms with Crippen LogP contribution in [0.1, 0.15) is 45.3 Å². The minimum Gasteiger partial charge on any atom is -0.444 e. The number of hydrogen-bond donors (Lipinski definition) is 2. The minimum absolute atomic E-state index is 0.134. The van der Waals surface area contributed by atoms with Crippen molar-refractivity contribution in [2.45, 2.75) is 45.3 Å². The van der Waals surface area contributed by atoms with Crippen molar-refractivity contribution in [3.05, 3.63) is 24.3 Å². The molecule has 0 aliphatic carbocycles. The molecule has 0 bridgehead atoms. The first kappa shape index (κ1) is 15.7. The Bertz CT molecular complexity index is 452. The monoisotopic (exact) mass is 292 g/mol. The van der Waals surface area contributed by atoms with Gasteiger partial charge in [0.1, 0.15) is 11.9 Å². The van der Waals surface area contributed by atoms with Gasteiger partial charge in [-0.2, -0.15) is 0 Å². The summed E-state index contributed by atoms with van der Waals surface area (Å²) in [5.41, 5.74) is 0.330. The van der Waals surface area contributed by atoms with Gasteiger partial charge in [-0.3, -0.25) is 0 Å². The SMILES string of the molecule is CC(C)(C)OC(=O)NC(c1ccncn1)C1CCNCC1. The van der Waals surface area contributed by atoms with Crippen LogP contribution < -0.4 is 10.6 Å². The van der Waals surface area contributed by atoms with Crippen molar-refractivity contribution < 1.29 is 9.53 Å². The number of carbonyl (C=O) groups is 1. The van der Waals surface area contributed by atoms with Crippen LogP contribution in [0.15, 0.2) is 18.6 Å². The Labute approximate surface area is 125 Å². The number of rotatable bonds is 3. The largest absolute Gasteiger partial charge is 0.444 e. The summed E-state index contributed by atoms with van der Waals surface area (Å²) in [4.78, 5) is 20.3. The van der Waals surface area contributed by atoms with Gasteiger partial charge in [0.05, 0.1) is 11.7 Å². The maximum Gasteiger partial charge on any atom is 0.408 e. The van der Waals surface area contributed by atoms with E-state index in [-0.39, 0.29) is 6.04 Å². The summed E-state index contributed by atoms with van der Waals surface area (Å²) in [6.45, 7) is 7.49. The van der Waals surface area contributed by atoms with Crippen LogP contribution in [0.2, 0.25) is 0 Å². The molecule has 1 aromatic rings. The van der Waals surface area contributed by atoms with Crippen LogP contribution >= 0.6 is 0 Å². The maximum absolute atomic E-state index is 12.1. The van der Waals surface area contributed by atoms with E-state index in [9.17, 15) is 4.79 Å². The van der Waals surface area contributed by atoms with Gasteiger partial charge in [-0.15, -0.1) is 0 Å². The molecule has 116 valence electrons. The Hall–Kier alpha value is -1.69. The summed E-state index contributed by atoms with van der Waals surface area (Å²) < 4.78 is 5.37. The Morgan fingerprint density at radius 3 is 2.71 bits per heavy atom. The smallest absolute Gasteiger partial charge is 0.408 e. The van der Waals surface area contributed by atoms with Crippen molar-refractivity contribution in [1.29, 1.82) is 0 Å². The average molecular weight is 292 g/mol. The first-order valence-electron chi connectivity index (χ1n) is 7.42. The number of alkyl carbamates (subject to hydrolysis) is 1. The summed E-state index contributed by atoms with van der Waals surface area (Å²) in [6, 6.07) is 1.72. The molecular formula is C15H24N4O2. The second kappa shape index (κ2) is 6.85. The predicted molar refractivity (Wildman–Crippen MR) is 79.7 cm³/mol. The summed E-state index contributed by atoms with van der Waals surface area (Å²) in [5, 5.41) is 6.32. The summed E-state index contributed by atoms with van der Waals surface area (Å²) in [6.07, 6.45) is 4.83. The molecule has 2 rings (SSSR count). The molecule has 0 aromatic carbocycles. The van der Waals surface area contributed by atoms with Crippen molar-refractivity contribution in [3.63, 3.8) is 0 Å². The molecule has 21 heavy (non-hydrogen) atoms. The quantitative estimate of drug-likeness (QED) is 0.891. The van der Waals surface area contributed by atoms with Crippen molar-refractivity contribution in [1.82, 2.24) is 20.6 Å². The number of aromatic nitrogens is 2. The second-order valence-electron chi connectivity index (χ2n) is 6.35. The normalized spacial score (nSPS) is 18.0. The molecule has 2 heterocycles. The molecule has 0 radical (unpaired) electrons. The number of ether oxygens (including phenoxy) is 1. The number of amides is 1. The van der Waals surface area contributed by atoms with Gasteiger partial charge in [0.15, 0.2) is 0 Å². The molecule has 1 unspecified atom stereocenters. The van der Waals surface area contributed by atoms with E-state index in [0.29, 0.717) is 5.92 Å². The molecule has 0 saturated carbocycles. The predicted octanol–water partition coefficient (Wildman–Crippen LogP) is 2.04. The molecule has 2 N–H and O–H groups in total. The lowest BCUT2D eigenvalue weighted by atomic mass is 9.88. The van der Waals surface area contributed by atoms with E-state index in [1.54, 1.807) is 6.20 Å². The number of carbonyl (C=O) groups excluding carboxylic acids is 1. The first-order chi connectivity index (χ1) is 9.96. The average Bonchev–Trinajstić information content (AvgIpc) is 2.45. The van der Waals surface area contributed by atoms with E-state index < -0.39 is 11.7 Å². The van der Waals surface area contributed by atoms with Crippen LogP contribution in [0.3, 0.4) is 0 Å². The lowest BCUT2D eigenvalue weighted by molar-refractivity contribution is 0.0475. The van der Waals surface area contributed by atoms with E-state index in [1.807, 2.05) is 26.8 Å². The molecule has 0 spiro atoms. The number of nitrogens with one attached hydrogen (secondary N) is 2. The molecule has 1 amide bonds. The maximum atomic E-state index is 12.1. The third kappa shape index (κ3) is 4.97. The third-order valence-electron chi connectivity index (χ3n) is 3.45. The zero-order valence-electron chi connectivity index (χ0n) is 12.9. The van der Waals surface area contributed by atoms with Gasteiger partial charge >= 0.3 is 6.09 Å². The number of hydrogen-bond acceptors (Lipinski definition) is 5. The lowest BCUT2D eigenvalue weighted by Crippen LogP contribution is -2.41. The van der Waals surface area contributed by atoms with Crippen LogP contribution in [0, 0.1) is 5.92 Å². The van der Waals surface area contributed by atoms with Gasteiger partial charge in [0, 0.05) is 6.20 Å². The Morgan fingerprint density at radius 1 is 1.43 bits per heavy atom. The van der Waals surface area contributed by atoms with Crippen LogP contribution in [-0.4, -0.2) is 34.8 Å². The van der Waals surface area contributed by atoms with Crippen molar-refractivity contribution in [2.24, 2.45) is 5.92 Å². The third-order valence-corrected chi connectivity index (χ3v) is 3.45. The summed E-state index contributed by atoms with van der Waals surface area (Å²) in [7, 11) is 0. The fraction of sp³-hybridized carbons (Fsp3) is 0.667. The zero-order chi connectivity index (χ0) is 15.3.